The Kier molecular flexibility index (Phi) is 5.01. The maximum absolute atomic E-state index is 12.8. The maximum Gasteiger partial charge on any atom is 0.262 e. The van der Waals surface area contributed by atoms with Crippen LogP contribution in [0.15, 0.2) is 11.1 Å². The molecule has 0 saturated heterocycles. The average Bonchev–Trinajstić information content (AvgIpc) is 2.88. The Morgan fingerprint density at radius 2 is 2.38 bits per heavy atom. The molecule has 0 fully saturated rings. The minimum atomic E-state index is -0.208. The second-order valence-corrected chi connectivity index (χ2v) is 7.72. The number of carbonyl (C=O) groups is 1. The van der Waals surface area contributed by atoms with E-state index in [1.54, 1.807) is 18.4 Å². The highest BCUT2D eigenvalue weighted by Crippen LogP contribution is 2.35. The number of thiophene rings is 1. The molecule has 0 aliphatic heterocycles. The van der Waals surface area contributed by atoms with Gasteiger partial charge in [0.05, 0.1) is 18.3 Å². The van der Waals surface area contributed by atoms with Gasteiger partial charge >= 0.3 is 0 Å². The quantitative estimate of drug-likeness (QED) is 0.892. The Morgan fingerprint density at radius 3 is 3.12 bits per heavy atom. The topological polar surface area (TPSA) is 73.2 Å². The van der Waals surface area contributed by atoms with Crippen molar-refractivity contribution in [2.24, 2.45) is 5.92 Å². The predicted molar refractivity (Wildman–Crippen MR) is 94.5 cm³/mol. The van der Waals surface area contributed by atoms with E-state index >= 15 is 0 Å². The van der Waals surface area contributed by atoms with Gasteiger partial charge in [0.15, 0.2) is 0 Å². The summed E-state index contributed by atoms with van der Waals surface area (Å²) in [5, 5.41) is 3.53. The number of nitrogens with zero attached hydrogens (tertiary/aromatic N) is 2. The fourth-order valence-corrected chi connectivity index (χ4v) is 4.59. The Morgan fingerprint density at radius 1 is 1.58 bits per heavy atom. The van der Waals surface area contributed by atoms with Gasteiger partial charge in [-0.2, -0.15) is 0 Å². The van der Waals surface area contributed by atoms with Crippen molar-refractivity contribution in [3.8, 4) is 0 Å². The standard InChI is InChI=1S/C17H23N3O3S/c1-10-4-5-12-13(6-10)24-16-15(12)17(22)20(9-18-16)7-14(21)19-11(2)8-23-3/h9-11H,4-8H2,1-3H3,(H,19,21). The second-order valence-electron chi connectivity index (χ2n) is 6.63. The molecule has 2 unspecified atom stereocenters. The fourth-order valence-electron chi connectivity index (χ4n) is 3.25. The van der Waals surface area contributed by atoms with Crippen LogP contribution in [0.25, 0.3) is 10.2 Å². The molecule has 0 radical (unpaired) electrons. The number of hydrogen-bond acceptors (Lipinski definition) is 5. The number of aryl methyl sites for hydroxylation is 1. The molecule has 7 heteroatoms. The number of amides is 1. The molecule has 1 amide bonds. The largest absolute Gasteiger partial charge is 0.383 e. The molecule has 2 aromatic heterocycles. The van der Waals surface area contributed by atoms with Crippen molar-refractivity contribution >= 4 is 27.5 Å². The zero-order chi connectivity index (χ0) is 17.3. The van der Waals surface area contributed by atoms with E-state index in [9.17, 15) is 9.59 Å². The van der Waals surface area contributed by atoms with Gasteiger partial charge in [-0.3, -0.25) is 14.2 Å². The van der Waals surface area contributed by atoms with E-state index in [1.165, 1.54) is 15.8 Å². The third kappa shape index (κ3) is 3.37. The van der Waals surface area contributed by atoms with Crippen molar-refractivity contribution in [2.45, 2.75) is 45.7 Å². The fraction of sp³-hybridized carbons (Fsp3) is 0.588. The van der Waals surface area contributed by atoms with E-state index in [0.29, 0.717) is 17.9 Å². The van der Waals surface area contributed by atoms with E-state index in [2.05, 4.69) is 17.2 Å². The summed E-state index contributed by atoms with van der Waals surface area (Å²) in [7, 11) is 1.59. The Balaban J connectivity index is 1.86. The summed E-state index contributed by atoms with van der Waals surface area (Å²) in [4.78, 5) is 31.4. The van der Waals surface area contributed by atoms with Gasteiger partial charge in [0.2, 0.25) is 5.91 Å². The molecular weight excluding hydrogens is 326 g/mol. The lowest BCUT2D eigenvalue weighted by molar-refractivity contribution is -0.122. The molecule has 1 aliphatic rings. The number of aromatic nitrogens is 2. The first-order chi connectivity index (χ1) is 11.5. The third-order valence-electron chi connectivity index (χ3n) is 4.42. The van der Waals surface area contributed by atoms with Crippen LogP contribution < -0.4 is 10.9 Å². The third-order valence-corrected chi connectivity index (χ3v) is 5.58. The number of carbonyl (C=O) groups excluding carboxylic acids is 1. The van der Waals surface area contributed by atoms with Crippen LogP contribution in [0.5, 0.6) is 0 Å². The molecule has 2 atom stereocenters. The highest BCUT2D eigenvalue weighted by atomic mass is 32.1. The van der Waals surface area contributed by atoms with Crippen molar-refractivity contribution in [1.29, 1.82) is 0 Å². The van der Waals surface area contributed by atoms with Crippen molar-refractivity contribution in [3.63, 3.8) is 0 Å². The van der Waals surface area contributed by atoms with Gasteiger partial charge in [-0.25, -0.2) is 4.98 Å². The number of methoxy groups -OCH3 is 1. The Hall–Kier alpha value is -1.73. The van der Waals surface area contributed by atoms with Gasteiger partial charge in [0, 0.05) is 18.0 Å². The molecule has 2 heterocycles. The predicted octanol–water partition coefficient (Wildman–Crippen LogP) is 1.73. The molecule has 0 spiro atoms. The normalized spacial score (nSPS) is 18.4. The minimum absolute atomic E-state index is 0.0170. The van der Waals surface area contributed by atoms with Crippen LogP contribution in [0.1, 0.15) is 30.7 Å². The van der Waals surface area contributed by atoms with Crippen LogP contribution in [0, 0.1) is 5.92 Å². The van der Waals surface area contributed by atoms with Gasteiger partial charge in [0.25, 0.3) is 5.56 Å². The summed E-state index contributed by atoms with van der Waals surface area (Å²) in [6.07, 6.45) is 4.53. The lowest BCUT2D eigenvalue weighted by atomic mass is 9.89. The highest BCUT2D eigenvalue weighted by Gasteiger charge is 2.23. The Labute approximate surface area is 144 Å². The molecule has 6 nitrogen and oxygen atoms in total. The molecular formula is C17H23N3O3S. The monoisotopic (exact) mass is 349 g/mol. The van der Waals surface area contributed by atoms with Gasteiger partial charge in [-0.05, 0) is 37.7 Å². The van der Waals surface area contributed by atoms with Gasteiger partial charge in [0.1, 0.15) is 11.4 Å². The summed E-state index contributed by atoms with van der Waals surface area (Å²) in [6, 6.07) is -0.0923. The molecule has 0 saturated carbocycles. The van der Waals surface area contributed by atoms with Crippen LogP contribution in [0.3, 0.4) is 0 Å². The van der Waals surface area contributed by atoms with Gasteiger partial charge in [-0.15, -0.1) is 11.3 Å². The van der Waals surface area contributed by atoms with E-state index in [4.69, 9.17) is 4.74 Å². The lowest BCUT2D eigenvalue weighted by Crippen LogP contribution is -2.39. The SMILES string of the molecule is COCC(C)NC(=O)Cn1cnc2sc3c(c2c1=O)CCC(C)C3. The molecule has 0 bridgehead atoms. The molecule has 1 N–H and O–H groups in total. The van der Waals surface area contributed by atoms with Crippen molar-refractivity contribution in [2.75, 3.05) is 13.7 Å². The van der Waals surface area contributed by atoms with Crippen LogP contribution in [-0.4, -0.2) is 35.2 Å². The van der Waals surface area contributed by atoms with Crippen LogP contribution in [-0.2, 0) is 28.9 Å². The zero-order valence-electron chi connectivity index (χ0n) is 14.3. The summed E-state index contributed by atoms with van der Waals surface area (Å²) in [5.41, 5.74) is 1.04. The number of hydrogen-bond donors (Lipinski definition) is 1. The van der Waals surface area contributed by atoms with Crippen LogP contribution in [0.4, 0.5) is 0 Å². The van der Waals surface area contributed by atoms with Crippen LogP contribution in [0.2, 0.25) is 0 Å². The van der Waals surface area contributed by atoms with E-state index < -0.39 is 0 Å². The molecule has 0 aromatic carbocycles. The van der Waals surface area contributed by atoms with Gasteiger partial charge in [-0.1, -0.05) is 6.92 Å². The van der Waals surface area contributed by atoms with Crippen molar-refractivity contribution in [1.82, 2.24) is 14.9 Å². The minimum Gasteiger partial charge on any atom is -0.383 e. The van der Waals surface area contributed by atoms with Crippen molar-refractivity contribution in [3.05, 3.63) is 27.1 Å². The molecule has 3 rings (SSSR count). The summed E-state index contributed by atoms with van der Waals surface area (Å²) < 4.78 is 6.41. The van der Waals surface area contributed by atoms with E-state index in [0.717, 1.165) is 29.7 Å². The first-order valence-corrected chi connectivity index (χ1v) is 9.09. The van der Waals surface area contributed by atoms with E-state index in [1.807, 2.05) is 6.92 Å². The summed E-state index contributed by atoms with van der Waals surface area (Å²) in [6.45, 7) is 4.53. The second kappa shape index (κ2) is 7.03. The zero-order valence-corrected chi connectivity index (χ0v) is 15.1. The number of ether oxygens (including phenoxy) is 1. The average molecular weight is 349 g/mol. The van der Waals surface area contributed by atoms with Crippen LogP contribution >= 0.6 is 11.3 Å². The van der Waals surface area contributed by atoms with E-state index in [-0.39, 0.29) is 24.1 Å². The first kappa shape index (κ1) is 17.1. The first-order valence-electron chi connectivity index (χ1n) is 8.27. The number of fused-ring (bicyclic) bond motifs is 3. The number of nitrogens with one attached hydrogen (secondary N) is 1. The molecule has 24 heavy (non-hydrogen) atoms. The summed E-state index contributed by atoms with van der Waals surface area (Å²) in [5.74, 6) is 0.446. The highest BCUT2D eigenvalue weighted by molar-refractivity contribution is 7.18. The molecule has 130 valence electrons. The van der Waals surface area contributed by atoms with Crippen molar-refractivity contribution < 1.29 is 9.53 Å². The maximum atomic E-state index is 12.8. The molecule has 2 aromatic rings. The smallest absolute Gasteiger partial charge is 0.262 e. The Bertz CT molecular complexity index is 811. The van der Waals surface area contributed by atoms with Gasteiger partial charge < -0.3 is 10.1 Å². The summed E-state index contributed by atoms with van der Waals surface area (Å²) >= 11 is 1.62. The lowest BCUT2D eigenvalue weighted by Gasteiger charge is -2.17. The number of rotatable bonds is 5. The molecule has 1 aliphatic carbocycles.